The van der Waals surface area contributed by atoms with Gasteiger partial charge in [-0.15, -0.1) is 0 Å². The molecule has 3 nitrogen and oxygen atoms in total. The number of nitrogens with zero attached hydrogens (tertiary/aromatic N) is 1. The number of quaternary nitrogens is 1. The van der Waals surface area contributed by atoms with Crippen molar-refractivity contribution < 1.29 is 14.0 Å². The second-order valence-corrected chi connectivity index (χ2v) is 12.9. The minimum Gasteiger partial charge on any atom is -0.456 e. The van der Waals surface area contributed by atoms with Gasteiger partial charge in [0.15, 0.2) is 0 Å². The van der Waals surface area contributed by atoms with Crippen molar-refractivity contribution >= 4 is 14.0 Å². The molecule has 0 saturated heterocycles. The van der Waals surface area contributed by atoms with Gasteiger partial charge in [-0.1, -0.05) is 38.7 Å². The second-order valence-electron chi connectivity index (χ2n) is 7.32. The number of rotatable bonds is 9. The summed E-state index contributed by atoms with van der Waals surface area (Å²) in [5, 5.41) is 0. The highest BCUT2D eigenvalue weighted by atomic mass is 28.3. The Morgan fingerprint density at radius 3 is 2.21 bits per heavy atom. The van der Waals surface area contributed by atoms with Crippen LogP contribution in [0.5, 0.6) is 0 Å². The molecule has 0 rings (SSSR count). The zero-order valence-electron chi connectivity index (χ0n) is 13.7. The van der Waals surface area contributed by atoms with E-state index in [4.69, 9.17) is 4.74 Å². The van der Waals surface area contributed by atoms with Gasteiger partial charge < -0.3 is 9.22 Å². The van der Waals surface area contributed by atoms with E-state index < -0.39 is 8.07 Å². The van der Waals surface area contributed by atoms with Crippen molar-refractivity contribution in [3.8, 4) is 0 Å². The van der Waals surface area contributed by atoms with E-state index in [-0.39, 0.29) is 5.97 Å². The van der Waals surface area contributed by atoms with Gasteiger partial charge in [-0.3, -0.25) is 0 Å². The summed E-state index contributed by atoms with van der Waals surface area (Å²) < 4.78 is 6.06. The summed E-state index contributed by atoms with van der Waals surface area (Å²) in [6, 6.07) is 1.40. The number of ether oxygens (including phenoxy) is 1. The molecule has 0 bridgehead atoms. The van der Waals surface area contributed by atoms with Gasteiger partial charge in [0.25, 0.3) is 0 Å². The molecule has 0 aromatic heterocycles. The molecule has 0 aliphatic carbocycles. The van der Waals surface area contributed by atoms with Gasteiger partial charge in [-0.05, 0) is 13.3 Å². The van der Waals surface area contributed by atoms with Crippen LogP contribution < -0.4 is 0 Å². The number of likely N-dealkylation sites (N-methyl/N-ethyl adjacent to an activating group) is 1. The Kier molecular flexibility index (Phi) is 7.60. The molecule has 0 saturated carbocycles. The molecule has 0 atom stereocenters. The lowest BCUT2D eigenvalue weighted by molar-refractivity contribution is -0.890. The fourth-order valence-corrected chi connectivity index (χ4v) is 3.13. The molecular formula is C15H32NO2Si+. The third kappa shape index (κ3) is 11.0. The van der Waals surface area contributed by atoms with Crippen molar-refractivity contribution in [1.29, 1.82) is 0 Å². The predicted molar refractivity (Wildman–Crippen MR) is 85.0 cm³/mol. The Bertz CT molecular complexity index is 306. The van der Waals surface area contributed by atoms with Crippen LogP contribution in [0.1, 0.15) is 19.8 Å². The molecule has 0 aliphatic rings. The molecule has 0 N–H and O–H groups in total. The molecule has 0 aliphatic heterocycles. The number of hydrogen-bond donors (Lipinski definition) is 0. The zero-order chi connectivity index (χ0) is 15.1. The number of carbonyl (C=O) groups excluding carboxylic acids is 1. The van der Waals surface area contributed by atoms with Crippen molar-refractivity contribution in [2.24, 2.45) is 0 Å². The van der Waals surface area contributed by atoms with Gasteiger partial charge in [0.2, 0.25) is 0 Å². The fourth-order valence-electron chi connectivity index (χ4n) is 1.82. The highest BCUT2D eigenvalue weighted by Gasteiger charge is 2.17. The summed E-state index contributed by atoms with van der Waals surface area (Å²) in [4.78, 5) is 11.3. The average molecular weight is 287 g/mol. The van der Waals surface area contributed by atoms with Crippen molar-refractivity contribution in [2.75, 3.05) is 33.8 Å². The summed E-state index contributed by atoms with van der Waals surface area (Å²) >= 11 is 0. The van der Waals surface area contributed by atoms with Gasteiger partial charge in [0, 0.05) is 13.6 Å². The summed E-state index contributed by atoms with van der Waals surface area (Å²) in [5.41, 5.74) is 0.473. The van der Waals surface area contributed by atoms with Crippen molar-refractivity contribution in [3.63, 3.8) is 0 Å². The first-order valence-electron chi connectivity index (χ1n) is 7.18. The van der Waals surface area contributed by atoms with Crippen molar-refractivity contribution in [3.05, 3.63) is 12.2 Å². The quantitative estimate of drug-likeness (QED) is 0.214. The first kappa shape index (κ1) is 18.4. The van der Waals surface area contributed by atoms with Crippen LogP contribution >= 0.6 is 0 Å². The lowest BCUT2D eigenvalue weighted by Crippen LogP contribution is -2.43. The Hall–Kier alpha value is -0.613. The molecule has 0 fully saturated rings. The minimum absolute atomic E-state index is 0.279. The monoisotopic (exact) mass is 286 g/mol. The molecule has 0 radical (unpaired) electrons. The van der Waals surface area contributed by atoms with Crippen LogP contribution in [-0.4, -0.2) is 52.3 Å². The van der Waals surface area contributed by atoms with Gasteiger partial charge in [0.1, 0.15) is 13.2 Å². The van der Waals surface area contributed by atoms with Crippen LogP contribution in [0, 0.1) is 0 Å². The first-order valence-corrected chi connectivity index (χ1v) is 10.9. The Balaban J connectivity index is 3.80. The lowest BCUT2D eigenvalue weighted by atomic mass is 10.3. The topological polar surface area (TPSA) is 26.3 Å². The van der Waals surface area contributed by atoms with Crippen molar-refractivity contribution in [1.82, 2.24) is 0 Å². The minimum atomic E-state index is -0.892. The molecule has 0 spiro atoms. The van der Waals surface area contributed by atoms with E-state index in [2.05, 4.69) is 40.3 Å². The number of esters is 1. The number of unbranched alkanes of at least 4 members (excludes halogenated alkanes) is 1. The highest BCUT2D eigenvalue weighted by Crippen LogP contribution is 2.14. The normalized spacial score (nSPS) is 12.3. The number of carbonyl (C=O) groups is 1. The Morgan fingerprint density at radius 1 is 1.16 bits per heavy atom. The van der Waals surface area contributed by atoms with E-state index in [1.807, 2.05) is 0 Å². The lowest BCUT2D eigenvalue weighted by Gasteiger charge is -2.30. The smallest absolute Gasteiger partial charge is 0.333 e. The van der Waals surface area contributed by atoms with E-state index in [1.165, 1.54) is 18.9 Å². The molecule has 0 aromatic carbocycles. The SMILES string of the molecule is C=C(C)C(=O)OCC[N+](C)(C)CCCC[Si](C)(C)C. The van der Waals surface area contributed by atoms with E-state index >= 15 is 0 Å². The average Bonchev–Trinajstić information content (AvgIpc) is 2.22. The van der Waals surface area contributed by atoms with Gasteiger partial charge in [-0.2, -0.15) is 0 Å². The Morgan fingerprint density at radius 2 is 1.74 bits per heavy atom. The van der Waals surface area contributed by atoms with Crippen molar-refractivity contribution in [2.45, 2.75) is 45.5 Å². The predicted octanol–water partition coefficient (Wildman–Crippen LogP) is 3.30. The molecule has 4 heteroatoms. The molecule has 19 heavy (non-hydrogen) atoms. The van der Waals surface area contributed by atoms with Crippen LogP contribution in [0.4, 0.5) is 0 Å². The standard InChI is InChI=1S/C15H32NO2Si/c1-14(2)15(17)18-12-11-16(3,4)10-8-9-13-19(5,6)7/h1,8-13H2,2-7H3/q+1. The fraction of sp³-hybridized carbons (Fsp3) is 0.800. The van der Waals surface area contributed by atoms with Crippen LogP contribution in [0.2, 0.25) is 25.7 Å². The third-order valence-electron chi connectivity index (χ3n) is 3.22. The molecule has 0 heterocycles. The van der Waals surface area contributed by atoms with Crippen LogP contribution in [-0.2, 0) is 9.53 Å². The summed E-state index contributed by atoms with van der Waals surface area (Å²) in [7, 11) is 3.50. The molecule has 112 valence electrons. The maximum atomic E-state index is 11.3. The van der Waals surface area contributed by atoms with Gasteiger partial charge in [0.05, 0.1) is 20.6 Å². The van der Waals surface area contributed by atoms with Gasteiger partial charge in [-0.25, -0.2) is 4.79 Å². The molecule has 0 amide bonds. The van der Waals surface area contributed by atoms with Gasteiger partial charge >= 0.3 is 5.97 Å². The highest BCUT2D eigenvalue weighted by molar-refractivity contribution is 6.76. The largest absolute Gasteiger partial charge is 0.456 e. The zero-order valence-corrected chi connectivity index (χ0v) is 14.7. The number of hydrogen-bond acceptors (Lipinski definition) is 2. The molecular weight excluding hydrogens is 254 g/mol. The molecule has 0 aromatic rings. The van der Waals surface area contributed by atoms with Crippen LogP contribution in [0.3, 0.4) is 0 Å². The van der Waals surface area contributed by atoms with Crippen LogP contribution in [0.25, 0.3) is 0 Å². The Labute approximate surface area is 120 Å². The second kappa shape index (κ2) is 7.85. The van der Waals surface area contributed by atoms with Crippen LogP contribution in [0.15, 0.2) is 12.2 Å². The van der Waals surface area contributed by atoms with E-state index in [9.17, 15) is 4.79 Å². The summed E-state index contributed by atoms with van der Waals surface area (Å²) in [5.74, 6) is -0.279. The first-order chi connectivity index (χ1) is 8.53. The van der Waals surface area contributed by atoms with E-state index in [0.29, 0.717) is 12.2 Å². The van der Waals surface area contributed by atoms with E-state index in [0.717, 1.165) is 17.6 Å². The van der Waals surface area contributed by atoms with E-state index in [1.54, 1.807) is 6.92 Å². The molecule has 0 unspecified atom stereocenters. The summed E-state index contributed by atoms with van der Waals surface area (Å²) in [6.45, 7) is 15.0. The maximum Gasteiger partial charge on any atom is 0.333 e. The maximum absolute atomic E-state index is 11.3. The third-order valence-corrected chi connectivity index (χ3v) is 5.07. The summed E-state index contributed by atoms with van der Waals surface area (Å²) in [6.07, 6.45) is 2.58.